The number of aryl methyl sites for hydroxylation is 1. The van der Waals surface area contributed by atoms with E-state index in [0.29, 0.717) is 0 Å². The molecule has 1 amide bonds. The minimum Gasteiger partial charge on any atom is -0.347 e. The molecule has 2 heterocycles. The minimum atomic E-state index is -0.221. The Morgan fingerprint density at radius 2 is 2.04 bits per heavy atom. The Balaban J connectivity index is 1.53. The van der Waals surface area contributed by atoms with Gasteiger partial charge < -0.3 is 10.2 Å². The fourth-order valence-corrected chi connectivity index (χ4v) is 3.19. The zero-order valence-corrected chi connectivity index (χ0v) is 14.5. The Bertz CT molecular complexity index is 772. The van der Waals surface area contributed by atoms with Crippen LogP contribution < -0.4 is 10.9 Å². The molecule has 1 N–H and O–H groups in total. The van der Waals surface area contributed by atoms with Crippen molar-refractivity contribution in [3.63, 3.8) is 0 Å². The third kappa shape index (κ3) is 4.76. The molecule has 1 aromatic carbocycles. The highest BCUT2D eigenvalue weighted by molar-refractivity contribution is 5.92. The van der Waals surface area contributed by atoms with Gasteiger partial charge in [-0.05, 0) is 37.4 Å². The highest BCUT2D eigenvalue weighted by Gasteiger charge is 2.22. The number of carbonyl (C=O) groups excluding carboxylic acids is 1. The summed E-state index contributed by atoms with van der Waals surface area (Å²) >= 11 is 0. The Morgan fingerprint density at radius 1 is 1.24 bits per heavy atom. The molecule has 1 aromatic heterocycles. The van der Waals surface area contributed by atoms with Crippen LogP contribution in [0, 0.1) is 0 Å². The van der Waals surface area contributed by atoms with Crippen LogP contribution in [0.2, 0.25) is 0 Å². The van der Waals surface area contributed by atoms with Crippen molar-refractivity contribution in [2.45, 2.75) is 25.3 Å². The summed E-state index contributed by atoms with van der Waals surface area (Å²) in [6.07, 6.45) is 3.06. The normalized spacial score (nSPS) is 18.0. The minimum absolute atomic E-state index is 0.121. The maximum absolute atomic E-state index is 12.4. The number of amides is 1. The van der Waals surface area contributed by atoms with E-state index in [2.05, 4.69) is 39.6 Å². The third-order valence-corrected chi connectivity index (χ3v) is 4.59. The van der Waals surface area contributed by atoms with Gasteiger partial charge in [-0.15, -0.1) is 0 Å². The molecule has 0 saturated carbocycles. The van der Waals surface area contributed by atoms with Crippen LogP contribution in [0.1, 0.15) is 28.9 Å². The molecule has 6 nitrogen and oxygen atoms in total. The van der Waals surface area contributed by atoms with E-state index < -0.39 is 0 Å². The van der Waals surface area contributed by atoms with Gasteiger partial charge in [0.1, 0.15) is 5.69 Å². The van der Waals surface area contributed by atoms with Gasteiger partial charge in [0.25, 0.3) is 11.5 Å². The summed E-state index contributed by atoms with van der Waals surface area (Å²) in [6.45, 7) is 2.91. The smallest absolute Gasteiger partial charge is 0.271 e. The van der Waals surface area contributed by atoms with Gasteiger partial charge in [-0.25, -0.2) is 4.68 Å². The number of carbonyl (C=O) groups is 1. The van der Waals surface area contributed by atoms with Crippen LogP contribution in [0.3, 0.4) is 0 Å². The van der Waals surface area contributed by atoms with Gasteiger partial charge in [0, 0.05) is 32.2 Å². The van der Waals surface area contributed by atoms with Crippen LogP contribution in [0.15, 0.2) is 47.3 Å². The van der Waals surface area contributed by atoms with Crippen molar-refractivity contribution >= 4 is 5.91 Å². The van der Waals surface area contributed by atoms with Gasteiger partial charge in [-0.1, -0.05) is 30.3 Å². The van der Waals surface area contributed by atoms with Crippen LogP contribution >= 0.6 is 0 Å². The average molecular weight is 340 g/mol. The SMILES string of the molecule is Cn1nc(C(=O)NC2CCCN(CCc3ccccc3)C2)ccc1=O. The van der Waals surface area contributed by atoms with Crippen molar-refractivity contribution in [3.05, 3.63) is 64.1 Å². The van der Waals surface area contributed by atoms with Crippen LogP contribution in [0.5, 0.6) is 0 Å². The van der Waals surface area contributed by atoms with Gasteiger partial charge in [-0.3, -0.25) is 9.59 Å². The largest absolute Gasteiger partial charge is 0.347 e. The first-order valence-electron chi connectivity index (χ1n) is 8.73. The van der Waals surface area contributed by atoms with Gasteiger partial charge >= 0.3 is 0 Å². The molecule has 0 spiro atoms. The van der Waals surface area contributed by atoms with E-state index >= 15 is 0 Å². The van der Waals surface area contributed by atoms with E-state index in [1.807, 2.05) is 6.07 Å². The molecule has 132 valence electrons. The van der Waals surface area contributed by atoms with Gasteiger partial charge in [0.15, 0.2) is 0 Å². The number of piperidine rings is 1. The second kappa shape index (κ2) is 8.07. The van der Waals surface area contributed by atoms with Crippen LogP contribution in [-0.2, 0) is 13.5 Å². The monoisotopic (exact) mass is 340 g/mol. The Morgan fingerprint density at radius 3 is 2.80 bits per heavy atom. The van der Waals surface area contributed by atoms with E-state index in [1.54, 1.807) is 7.05 Å². The molecule has 1 atom stereocenters. The summed E-state index contributed by atoms with van der Waals surface area (Å²) in [4.78, 5) is 26.1. The highest BCUT2D eigenvalue weighted by Crippen LogP contribution is 2.12. The van der Waals surface area contributed by atoms with E-state index in [9.17, 15) is 9.59 Å². The summed E-state index contributed by atoms with van der Waals surface area (Å²) < 4.78 is 1.18. The van der Waals surface area contributed by atoms with Crippen LogP contribution in [0.4, 0.5) is 0 Å². The van der Waals surface area contributed by atoms with Gasteiger partial charge in [-0.2, -0.15) is 5.10 Å². The highest BCUT2D eigenvalue weighted by atomic mass is 16.2. The van der Waals surface area contributed by atoms with Crippen molar-refractivity contribution in [2.24, 2.45) is 7.05 Å². The van der Waals surface area contributed by atoms with Crippen molar-refractivity contribution in [1.82, 2.24) is 20.0 Å². The maximum Gasteiger partial charge on any atom is 0.271 e. The molecular weight excluding hydrogens is 316 g/mol. The lowest BCUT2D eigenvalue weighted by Crippen LogP contribution is -2.48. The Labute approximate surface area is 147 Å². The molecule has 1 aliphatic rings. The second-order valence-electron chi connectivity index (χ2n) is 6.53. The summed E-state index contributed by atoms with van der Waals surface area (Å²) in [5, 5.41) is 7.06. The number of hydrogen-bond donors (Lipinski definition) is 1. The molecule has 6 heteroatoms. The third-order valence-electron chi connectivity index (χ3n) is 4.59. The molecule has 25 heavy (non-hydrogen) atoms. The predicted octanol–water partition coefficient (Wildman–Crippen LogP) is 1.22. The standard InChI is InChI=1S/C19H24N4O2/c1-22-18(24)10-9-17(21-22)19(25)20-16-8-5-12-23(14-16)13-11-15-6-3-2-4-7-15/h2-4,6-7,9-10,16H,5,8,11-14H2,1H3,(H,20,25). The van der Waals surface area contributed by atoms with E-state index in [0.717, 1.165) is 38.9 Å². The lowest BCUT2D eigenvalue weighted by atomic mass is 10.0. The van der Waals surface area contributed by atoms with Crippen molar-refractivity contribution in [2.75, 3.05) is 19.6 Å². The van der Waals surface area contributed by atoms with Gasteiger partial charge in [0.2, 0.25) is 0 Å². The first-order chi connectivity index (χ1) is 12.1. The topological polar surface area (TPSA) is 67.2 Å². The van der Waals surface area contributed by atoms with Gasteiger partial charge in [0.05, 0.1) is 0 Å². The quantitative estimate of drug-likeness (QED) is 0.889. The molecule has 3 rings (SSSR count). The van der Waals surface area contributed by atoms with E-state index in [4.69, 9.17) is 0 Å². The molecule has 2 aromatic rings. The molecule has 1 saturated heterocycles. The van der Waals surface area contributed by atoms with Crippen LogP contribution in [0.25, 0.3) is 0 Å². The molecule has 0 bridgehead atoms. The molecule has 0 radical (unpaired) electrons. The molecule has 0 aliphatic carbocycles. The van der Waals surface area contributed by atoms with E-state index in [-0.39, 0.29) is 23.2 Å². The van der Waals surface area contributed by atoms with E-state index in [1.165, 1.54) is 22.4 Å². The number of rotatable bonds is 5. The number of benzene rings is 1. The summed E-state index contributed by atoms with van der Waals surface area (Å²) in [7, 11) is 1.55. The number of hydrogen-bond acceptors (Lipinski definition) is 4. The summed E-state index contributed by atoms with van der Waals surface area (Å²) in [5.41, 5.74) is 1.40. The van der Waals surface area contributed by atoms with Crippen molar-refractivity contribution in [3.8, 4) is 0 Å². The summed E-state index contributed by atoms with van der Waals surface area (Å²) in [5.74, 6) is -0.217. The first-order valence-corrected chi connectivity index (χ1v) is 8.73. The molecular formula is C19H24N4O2. The molecule has 1 unspecified atom stereocenters. The molecule has 1 fully saturated rings. The first kappa shape index (κ1) is 17.4. The zero-order valence-electron chi connectivity index (χ0n) is 14.5. The zero-order chi connectivity index (χ0) is 17.6. The average Bonchev–Trinajstić information content (AvgIpc) is 2.63. The van der Waals surface area contributed by atoms with Crippen LogP contribution in [-0.4, -0.2) is 46.3 Å². The molecule has 1 aliphatic heterocycles. The summed E-state index contributed by atoms with van der Waals surface area (Å²) in [6, 6.07) is 13.4. The Kier molecular flexibility index (Phi) is 5.60. The predicted molar refractivity (Wildman–Crippen MR) is 96.6 cm³/mol. The fourth-order valence-electron chi connectivity index (χ4n) is 3.19. The Hall–Kier alpha value is -2.47. The number of nitrogens with one attached hydrogen (secondary N) is 1. The van der Waals surface area contributed by atoms with Crippen molar-refractivity contribution in [1.29, 1.82) is 0 Å². The fraction of sp³-hybridized carbons (Fsp3) is 0.421. The van der Waals surface area contributed by atoms with Crippen molar-refractivity contribution < 1.29 is 4.79 Å². The number of nitrogens with zero attached hydrogens (tertiary/aromatic N) is 3. The number of aromatic nitrogens is 2. The number of likely N-dealkylation sites (tertiary alicyclic amines) is 1. The maximum atomic E-state index is 12.4. The lowest BCUT2D eigenvalue weighted by Gasteiger charge is -2.33. The second-order valence-corrected chi connectivity index (χ2v) is 6.53. The lowest BCUT2D eigenvalue weighted by molar-refractivity contribution is 0.0897.